The van der Waals surface area contributed by atoms with Gasteiger partial charge in [-0.1, -0.05) is 0 Å². The normalized spacial score (nSPS) is 9.95. The number of phenolic OH excluding ortho intramolecular Hbond substituents is 1. The Morgan fingerprint density at radius 2 is 2.32 bits per heavy atom. The van der Waals surface area contributed by atoms with Crippen LogP contribution >= 0.6 is 24.0 Å². The van der Waals surface area contributed by atoms with Gasteiger partial charge in [-0.15, -0.1) is 0 Å². The van der Waals surface area contributed by atoms with Gasteiger partial charge in [0.15, 0.2) is 5.11 Å². The van der Waals surface area contributed by atoms with Gasteiger partial charge in [-0.3, -0.25) is 10.1 Å². The summed E-state index contributed by atoms with van der Waals surface area (Å²) in [6.07, 6.45) is 2.99. The Hall–Kier alpha value is -1.54. The predicted octanol–water partition coefficient (Wildman–Crippen LogP) is 2.34. The molecule has 0 saturated heterocycles. The number of thiocarbonyl (C=S) groups is 1. The number of hydrogen-bond acceptors (Lipinski definition) is 5. The molecule has 104 valence electrons. The SMILES string of the molecule is CSCCCNC(=S)Nc1cc([N+](=O)[O-])ccc1O. The average Bonchev–Trinajstić information content (AvgIpc) is 2.37. The van der Waals surface area contributed by atoms with E-state index in [0.717, 1.165) is 12.2 Å². The summed E-state index contributed by atoms with van der Waals surface area (Å²) in [7, 11) is 0. The van der Waals surface area contributed by atoms with E-state index in [1.165, 1.54) is 18.2 Å². The van der Waals surface area contributed by atoms with E-state index in [2.05, 4.69) is 10.6 Å². The number of rotatable bonds is 6. The van der Waals surface area contributed by atoms with Gasteiger partial charge in [-0.2, -0.15) is 11.8 Å². The highest BCUT2D eigenvalue weighted by Crippen LogP contribution is 2.27. The van der Waals surface area contributed by atoms with Crippen LogP contribution in [0, 0.1) is 10.1 Å². The molecule has 3 N–H and O–H groups in total. The number of aromatic hydroxyl groups is 1. The lowest BCUT2D eigenvalue weighted by Gasteiger charge is -2.11. The van der Waals surface area contributed by atoms with E-state index in [-0.39, 0.29) is 17.1 Å². The first kappa shape index (κ1) is 15.5. The molecule has 0 saturated carbocycles. The maximum absolute atomic E-state index is 10.6. The number of nitrogens with zero attached hydrogens (tertiary/aromatic N) is 1. The van der Waals surface area contributed by atoms with Gasteiger partial charge in [0.05, 0.1) is 10.6 Å². The third-order valence-corrected chi connectivity index (χ3v) is 3.19. The van der Waals surface area contributed by atoms with Gasteiger partial charge in [-0.25, -0.2) is 0 Å². The largest absolute Gasteiger partial charge is 0.506 e. The predicted molar refractivity (Wildman–Crippen MR) is 82.0 cm³/mol. The van der Waals surface area contributed by atoms with Crippen LogP contribution in [0.25, 0.3) is 0 Å². The highest BCUT2D eigenvalue weighted by Gasteiger charge is 2.10. The molecule has 0 aliphatic rings. The van der Waals surface area contributed by atoms with Crippen molar-refractivity contribution >= 4 is 40.5 Å². The molecule has 0 atom stereocenters. The van der Waals surface area contributed by atoms with E-state index < -0.39 is 4.92 Å². The Bertz CT molecular complexity index is 468. The molecule has 6 nitrogen and oxygen atoms in total. The second kappa shape index (κ2) is 7.80. The highest BCUT2D eigenvalue weighted by atomic mass is 32.2. The molecule has 0 radical (unpaired) electrons. The first-order valence-corrected chi connectivity index (χ1v) is 7.36. The molecular weight excluding hydrogens is 286 g/mol. The Morgan fingerprint density at radius 3 is 2.95 bits per heavy atom. The lowest BCUT2D eigenvalue weighted by Crippen LogP contribution is -2.29. The van der Waals surface area contributed by atoms with Crippen molar-refractivity contribution in [1.82, 2.24) is 5.32 Å². The minimum atomic E-state index is -0.528. The molecule has 8 heteroatoms. The molecule has 0 aliphatic carbocycles. The summed E-state index contributed by atoms with van der Waals surface area (Å²) < 4.78 is 0. The number of hydrogen-bond donors (Lipinski definition) is 3. The number of phenols is 1. The number of thioether (sulfide) groups is 1. The third-order valence-electron chi connectivity index (χ3n) is 2.25. The van der Waals surface area contributed by atoms with Gasteiger partial charge in [-0.05, 0) is 36.7 Å². The fourth-order valence-corrected chi connectivity index (χ4v) is 1.97. The van der Waals surface area contributed by atoms with Gasteiger partial charge in [0.25, 0.3) is 5.69 Å². The third kappa shape index (κ3) is 5.31. The number of nitro groups is 1. The van der Waals surface area contributed by atoms with Crippen LogP contribution in [0.4, 0.5) is 11.4 Å². The van der Waals surface area contributed by atoms with Crippen molar-refractivity contribution in [3.63, 3.8) is 0 Å². The van der Waals surface area contributed by atoms with Crippen LogP contribution < -0.4 is 10.6 Å². The molecule has 1 rings (SSSR count). The molecule has 1 aromatic rings. The first-order valence-electron chi connectivity index (χ1n) is 5.55. The fourth-order valence-electron chi connectivity index (χ4n) is 1.32. The molecule has 1 aromatic carbocycles. The second-order valence-corrected chi connectivity index (χ2v) is 5.08. The summed E-state index contributed by atoms with van der Waals surface area (Å²) in [5.74, 6) is 0.941. The zero-order chi connectivity index (χ0) is 14.3. The molecule has 0 unspecified atom stereocenters. The Morgan fingerprint density at radius 1 is 1.58 bits per heavy atom. The standard InChI is InChI=1S/C11H15N3O3S2/c1-19-6-2-5-12-11(18)13-9-7-8(14(16)17)3-4-10(9)15/h3-4,7,15H,2,5-6H2,1H3,(H2,12,13,18). The molecule has 0 fully saturated rings. The quantitative estimate of drug-likeness (QED) is 0.244. The molecule has 19 heavy (non-hydrogen) atoms. The van der Waals surface area contributed by atoms with Crippen LogP contribution in [0.2, 0.25) is 0 Å². The summed E-state index contributed by atoms with van der Waals surface area (Å²) in [5.41, 5.74) is 0.113. The maximum atomic E-state index is 10.6. The highest BCUT2D eigenvalue weighted by molar-refractivity contribution is 7.98. The van der Waals surface area contributed by atoms with Crippen LogP contribution in [0.15, 0.2) is 18.2 Å². The van der Waals surface area contributed by atoms with Gasteiger partial charge >= 0.3 is 0 Å². The van der Waals surface area contributed by atoms with Crippen molar-refractivity contribution in [1.29, 1.82) is 0 Å². The van der Waals surface area contributed by atoms with Crippen molar-refractivity contribution in [2.45, 2.75) is 6.42 Å². The molecular formula is C11H15N3O3S2. The number of benzene rings is 1. The maximum Gasteiger partial charge on any atom is 0.271 e. The second-order valence-electron chi connectivity index (χ2n) is 3.69. The van der Waals surface area contributed by atoms with Crippen molar-refractivity contribution in [2.75, 3.05) is 23.9 Å². The molecule has 0 spiro atoms. The number of nitro benzene ring substituents is 1. The van der Waals surface area contributed by atoms with E-state index >= 15 is 0 Å². The molecule has 0 aromatic heterocycles. The van der Waals surface area contributed by atoms with Crippen LogP contribution in [0.5, 0.6) is 5.75 Å². The zero-order valence-corrected chi connectivity index (χ0v) is 12.0. The summed E-state index contributed by atoms with van der Waals surface area (Å²) in [6, 6.07) is 3.73. The smallest absolute Gasteiger partial charge is 0.271 e. The van der Waals surface area contributed by atoms with Crippen LogP contribution in [0.1, 0.15) is 6.42 Å². The Labute approximate surface area is 120 Å². The number of nitrogens with one attached hydrogen (secondary N) is 2. The number of anilines is 1. The van der Waals surface area contributed by atoms with Crippen molar-refractivity contribution in [3.05, 3.63) is 28.3 Å². The minimum Gasteiger partial charge on any atom is -0.506 e. The van der Waals surface area contributed by atoms with Gasteiger partial charge in [0, 0.05) is 18.7 Å². The summed E-state index contributed by atoms with van der Waals surface area (Å²) in [5, 5.41) is 26.3. The summed E-state index contributed by atoms with van der Waals surface area (Å²) in [4.78, 5) is 10.1. The van der Waals surface area contributed by atoms with Gasteiger partial charge in [0.2, 0.25) is 0 Å². The topological polar surface area (TPSA) is 87.4 Å². The van der Waals surface area contributed by atoms with Gasteiger partial charge in [0.1, 0.15) is 5.75 Å². The van der Waals surface area contributed by atoms with Crippen LogP contribution in [-0.2, 0) is 0 Å². The van der Waals surface area contributed by atoms with Gasteiger partial charge < -0.3 is 15.7 Å². The Kier molecular flexibility index (Phi) is 6.37. The zero-order valence-electron chi connectivity index (χ0n) is 10.4. The molecule has 0 bridgehead atoms. The molecule has 0 amide bonds. The van der Waals surface area contributed by atoms with E-state index in [9.17, 15) is 15.2 Å². The van der Waals surface area contributed by atoms with Crippen molar-refractivity contribution in [3.8, 4) is 5.75 Å². The average molecular weight is 301 g/mol. The minimum absolute atomic E-state index is 0.0844. The van der Waals surface area contributed by atoms with Crippen LogP contribution in [0.3, 0.4) is 0 Å². The molecule has 0 heterocycles. The lowest BCUT2D eigenvalue weighted by atomic mass is 10.2. The monoisotopic (exact) mass is 301 g/mol. The van der Waals surface area contributed by atoms with E-state index in [1.54, 1.807) is 11.8 Å². The van der Waals surface area contributed by atoms with E-state index in [4.69, 9.17) is 12.2 Å². The van der Waals surface area contributed by atoms with Crippen LogP contribution in [-0.4, -0.2) is 33.7 Å². The van der Waals surface area contributed by atoms with Crippen molar-refractivity contribution < 1.29 is 10.0 Å². The Balaban J connectivity index is 2.58. The van der Waals surface area contributed by atoms with E-state index in [0.29, 0.717) is 11.7 Å². The molecule has 0 aliphatic heterocycles. The van der Waals surface area contributed by atoms with E-state index in [1.807, 2.05) is 6.26 Å². The number of non-ortho nitro benzene ring substituents is 1. The first-order chi connectivity index (χ1) is 9.04. The lowest BCUT2D eigenvalue weighted by molar-refractivity contribution is -0.384. The fraction of sp³-hybridized carbons (Fsp3) is 0.364. The summed E-state index contributed by atoms with van der Waals surface area (Å²) in [6.45, 7) is 0.711. The van der Waals surface area contributed by atoms with Crippen molar-refractivity contribution in [2.24, 2.45) is 0 Å². The summed E-state index contributed by atoms with van der Waals surface area (Å²) >= 11 is 6.79.